The minimum atomic E-state index is 0.0175. The summed E-state index contributed by atoms with van der Waals surface area (Å²) in [5.74, 6) is 0.725. The molecule has 0 bridgehead atoms. The second kappa shape index (κ2) is 5.61. The van der Waals surface area contributed by atoms with Crippen LogP contribution in [0.2, 0.25) is 0 Å². The van der Waals surface area contributed by atoms with Crippen molar-refractivity contribution >= 4 is 0 Å². The van der Waals surface area contributed by atoms with Gasteiger partial charge >= 0.3 is 0 Å². The second-order valence-corrected chi connectivity index (χ2v) is 4.66. The fourth-order valence-electron chi connectivity index (χ4n) is 1.70. The first kappa shape index (κ1) is 12.9. The molecule has 0 aliphatic heterocycles. The van der Waals surface area contributed by atoms with Crippen molar-refractivity contribution in [2.75, 3.05) is 20.1 Å². The van der Waals surface area contributed by atoms with Crippen molar-refractivity contribution in [3.8, 4) is 0 Å². The molecule has 2 heteroatoms. The van der Waals surface area contributed by atoms with Gasteiger partial charge in [-0.1, -0.05) is 27.7 Å². The van der Waals surface area contributed by atoms with Gasteiger partial charge in [0.05, 0.1) is 0 Å². The third-order valence-electron chi connectivity index (χ3n) is 2.67. The number of rotatable bonds is 6. The molecule has 0 aromatic carbocycles. The monoisotopic (exact) mass is 186 g/mol. The molecule has 0 unspecified atom stereocenters. The minimum Gasteiger partial charge on any atom is -0.324 e. The van der Waals surface area contributed by atoms with Crippen LogP contribution in [0.1, 0.15) is 40.5 Å². The first-order valence-electron chi connectivity index (χ1n) is 5.41. The Morgan fingerprint density at radius 1 is 1.23 bits per heavy atom. The molecule has 0 saturated carbocycles. The van der Waals surface area contributed by atoms with Gasteiger partial charge in [0.2, 0.25) is 0 Å². The van der Waals surface area contributed by atoms with E-state index in [1.54, 1.807) is 0 Å². The van der Waals surface area contributed by atoms with Gasteiger partial charge in [0.1, 0.15) is 0 Å². The summed E-state index contributed by atoms with van der Waals surface area (Å²) in [5, 5.41) is 0. The molecule has 0 atom stereocenters. The topological polar surface area (TPSA) is 29.3 Å². The van der Waals surface area contributed by atoms with E-state index in [4.69, 9.17) is 5.73 Å². The maximum absolute atomic E-state index is 6.23. The number of hydrogen-bond acceptors (Lipinski definition) is 2. The Balaban J connectivity index is 3.94. The summed E-state index contributed by atoms with van der Waals surface area (Å²) in [6, 6.07) is 0. The Hall–Kier alpha value is -0.0800. The molecule has 0 aromatic rings. The Morgan fingerprint density at radius 2 is 1.69 bits per heavy atom. The molecule has 0 fully saturated rings. The van der Waals surface area contributed by atoms with Gasteiger partial charge in [0.15, 0.2) is 0 Å². The van der Waals surface area contributed by atoms with Crippen LogP contribution in [0.4, 0.5) is 0 Å². The van der Waals surface area contributed by atoms with Crippen LogP contribution in [0.15, 0.2) is 0 Å². The van der Waals surface area contributed by atoms with Crippen LogP contribution in [0, 0.1) is 5.92 Å². The van der Waals surface area contributed by atoms with E-state index in [-0.39, 0.29) is 5.54 Å². The van der Waals surface area contributed by atoms with E-state index < -0.39 is 0 Å². The number of likely N-dealkylation sites (N-methyl/N-ethyl adjacent to an activating group) is 1. The van der Waals surface area contributed by atoms with Crippen molar-refractivity contribution in [1.29, 1.82) is 0 Å². The highest BCUT2D eigenvalue weighted by Crippen LogP contribution is 2.13. The van der Waals surface area contributed by atoms with E-state index in [0.29, 0.717) is 0 Å². The average molecular weight is 186 g/mol. The highest BCUT2D eigenvalue weighted by atomic mass is 15.1. The van der Waals surface area contributed by atoms with Gasteiger partial charge in [-0.15, -0.1) is 0 Å². The highest BCUT2D eigenvalue weighted by molar-refractivity contribution is 4.84. The summed E-state index contributed by atoms with van der Waals surface area (Å²) in [6.07, 6.45) is 2.12. The van der Waals surface area contributed by atoms with E-state index in [0.717, 1.165) is 31.8 Å². The molecule has 0 heterocycles. The van der Waals surface area contributed by atoms with Crippen molar-refractivity contribution in [2.24, 2.45) is 11.7 Å². The molecule has 0 saturated heterocycles. The van der Waals surface area contributed by atoms with Crippen LogP contribution in [-0.4, -0.2) is 30.6 Å². The summed E-state index contributed by atoms with van der Waals surface area (Å²) in [6.45, 7) is 11.0. The number of hydrogen-bond donors (Lipinski definition) is 1. The zero-order valence-corrected chi connectivity index (χ0v) is 9.93. The Morgan fingerprint density at radius 3 is 2.00 bits per heavy atom. The van der Waals surface area contributed by atoms with E-state index >= 15 is 0 Å². The molecule has 0 amide bonds. The lowest BCUT2D eigenvalue weighted by molar-refractivity contribution is 0.216. The molecule has 0 aliphatic rings. The van der Waals surface area contributed by atoms with Crippen LogP contribution >= 0.6 is 0 Å². The zero-order valence-electron chi connectivity index (χ0n) is 9.93. The van der Waals surface area contributed by atoms with E-state index in [1.165, 1.54) is 0 Å². The molecule has 80 valence electrons. The molecular formula is C11H26N2. The van der Waals surface area contributed by atoms with E-state index in [9.17, 15) is 0 Å². The summed E-state index contributed by atoms with van der Waals surface area (Å²) >= 11 is 0. The first-order valence-corrected chi connectivity index (χ1v) is 5.41. The van der Waals surface area contributed by atoms with Gasteiger partial charge in [-0.25, -0.2) is 0 Å². The lowest BCUT2D eigenvalue weighted by Crippen LogP contribution is -2.48. The van der Waals surface area contributed by atoms with Crippen molar-refractivity contribution in [1.82, 2.24) is 4.90 Å². The predicted octanol–water partition coefficient (Wildman–Crippen LogP) is 2.09. The Labute approximate surface area is 83.5 Å². The SMILES string of the molecule is CCC(N)(CC)CN(C)CC(C)C. The molecule has 0 aromatic heterocycles. The number of nitrogens with two attached hydrogens (primary N) is 1. The van der Waals surface area contributed by atoms with Crippen LogP contribution in [-0.2, 0) is 0 Å². The van der Waals surface area contributed by atoms with Crippen LogP contribution in [0.5, 0.6) is 0 Å². The molecular weight excluding hydrogens is 160 g/mol. The smallest absolute Gasteiger partial charge is 0.0278 e. The molecule has 13 heavy (non-hydrogen) atoms. The largest absolute Gasteiger partial charge is 0.324 e. The highest BCUT2D eigenvalue weighted by Gasteiger charge is 2.22. The normalized spacial score (nSPS) is 12.9. The van der Waals surface area contributed by atoms with E-state index in [1.807, 2.05) is 0 Å². The fourth-order valence-corrected chi connectivity index (χ4v) is 1.70. The minimum absolute atomic E-state index is 0.0175. The Bertz CT molecular complexity index is 128. The number of nitrogens with zero attached hydrogens (tertiary/aromatic N) is 1. The second-order valence-electron chi connectivity index (χ2n) is 4.66. The van der Waals surface area contributed by atoms with Crippen molar-refractivity contribution in [2.45, 2.75) is 46.1 Å². The van der Waals surface area contributed by atoms with Crippen molar-refractivity contribution < 1.29 is 0 Å². The molecule has 2 nitrogen and oxygen atoms in total. The van der Waals surface area contributed by atoms with E-state index in [2.05, 4.69) is 39.6 Å². The van der Waals surface area contributed by atoms with Crippen LogP contribution < -0.4 is 5.73 Å². The third-order valence-corrected chi connectivity index (χ3v) is 2.67. The summed E-state index contributed by atoms with van der Waals surface area (Å²) in [5.41, 5.74) is 6.25. The lowest BCUT2D eigenvalue weighted by atomic mass is 9.93. The first-order chi connectivity index (χ1) is 5.93. The van der Waals surface area contributed by atoms with Crippen LogP contribution in [0.3, 0.4) is 0 Å². The molecule has 0 rings (SSSR count). The quantitative estimate of drug-likeness (QED) is 0.688. The third kappa shape index (κ3) is 5.27. The lowest BCUT2D eigenvalue weighted by Gasteiger charge is -2.32. The summed E-state index contributed by atoms with van der Waals surface area (Å²) in [4.78, 5) is 2.34. The van der Waals surface area contributed by atoms with Gasteiger partial charge < -0.3 is 10.6 Å². The van der Waals surface area contributed by atoms with Gasteiger partial charge in [0, 0.05) is 18.6 Å². The summed E-state index contributed by atoms with van der Waals surface area (Å²) in [7, 11) is 2.16. The van der Waals surface area contributed by atoms with Gasteiger partial charge in [-0.3, -0.25) is 0 Å². The van der Waals surface area contributed by atoms with Crippen molar-refractivity contribution in [3.05, 3.63) is 0 Å². The molecule has 2 N–H and O–H groups in total. The molecule has 0 spiro atoms. The van der Waals surface area contributed by atoms with Gasteiger partial charge in [-0.2, -0.15) is 0 Å². The van der Waals surface area contributed by atoms with Crippen LogP contribution in [0.25, 0.3) is 0 Å². The van der Waals surface area contributed by atoms with Gasteiger partial charge in [-0.05, 0) is 25.8 Å². The zero-order chi connectivity index (χ0) is 10.5. The maximum atomic E-state index is 6.23. The molecule has 0 radical (unpaired) electrons. The fraction of sp³-hybridized carbons (Fsp3) is 1.00. The average Bonchev–Trinajstić information content (AvgIpc) is 2.02. The molecule has 0 aliphatic carbocycles. The van der Waals surface area contributed by atoms with Crippen molar-refractivity contribution in [3.63, 3.8) is 0 Å². The standard InChI is InChI=1S/C11H26N2/c1-6-11(12,7-2)9-13(5)8-10(3)4/h10H,6-9,12H2,1-5H3. The Kier molecular flexibility index (Phi) is 5.57. The maximum Gasteiger partial charge on any atom is 0.0278 e. The van der Waals surface area contributed by atoms with Gasteiger partial charge in [0.25, 0.3) is 0 Å². The predicted molar refractivity (Wildman–Crippen MR) is 59.8 cm³/mol. The summed E-state index contributed by atoms with van der Waals surface area (Å²) < 4.78 is 0.